The summed E-state index contributed by atoms with van der Waals surface area (Å²) in [5, 5.41) is 6.45. The Bertz CT molecular complexity index is 685. The van der Waals surface area contributed by atoms with Crippen molar-refractivity contribution >= 4 is 16.0 Å². The molecule has 3 rings (SSSR count). The molecule has 0 bridgehead atoms. The topological polar surface area (TPSA) is 73.8 Å². The van der Waals surface area contributed by atoms with Crippen LogP contribution in [0.1, 0.15) is 31.7 Å². The molecule has 0 radical (unpaired) electrons. The van der Waals surface area contributed by atoms with Crippen LogP contribution in [0.25, 0.3) is 0 Å². The molecule has 1 aromatic carbocycles. The van der Waals surface area contributed by atoms with Gasteiger partial charge in [0.2, 0.25) is 10.0 Å². The van der Waals surface area contributed by atoms with E-state index in [-0.39, 0.29) is 0 Å². The predicted molar refractivity (Wildman–Crippen MR) is 95.4 cm³/mol. The van der Waals surface area contributed by atoms with E-state index in [0.717, 1.165) is 43.9 Å². The van der Waals surface area contributed by atoms with Crippen LogP contribution in [0.2, 0.25) is 0 Å². The minimum Gasteiger partial charge on any atom is -0.356 e. The van der Waals surface area contributed by atoms with Crippen molar-refractivity contribution in [2.24, 2.45) is 10.9 Å². The van der Waals surface area contributed by atoms with Gasteiger partial charge in [0, 0.05) is 32.7 Å². The Morgan fingerprint density at radius 3 is 2.75 bits per heavy atom. The molecule has 0 amide bonds. The molecular formula is C17H26N4O2S. The number of aliphatic imine (C=N–C) groups is 1. The van der Waals surface area contributed by atoms with Crippen molar-refractivity contribution in [3.05, 3.63) is 29.8 Å². The van der Waals surface area contributed by atoms with Gasteiger partial charge in [-0.25, -0.2) is 8.42 Å². The summed E-state index contributed by atoms with van der Waals surface area (Å²) >= 11 is 0. The van der Waals surface area contributed by atoms with Crippen molar-refractivity contribution < 1.29 is 8.42 Å². The average molecular weight is 350 g/mol. The van der Waals surface area contributed by atoms with Crippen molar-refractivity contribution in [3.63, 3.8) is 0 Å². The number of sulfonamides is 1. The lowest BCUT2D eigenvalue weighted by atomic mass is 10.0. The lowest BCUT2D eigenvalue weighted by molar-refractivity contribution is 0.281. The van der Waals surface area contributed by atoms with Gasteiger partial charge in [0.15, 0.2) is 5.96 Å². The second-order valence-corrected chi connectivity index (χ2v) is 8.56. The molecule has 2 aliphatic rings. The lowest BCUT2D eigenvalue weighted by Gasteiger charge is -2.30. The van der Waals surface area contributed by atoms with Crippen LogP contribution in [-0.2, 0) is 16.6 Å². The Kier molecular flexibility index (Phi) is 5.40. The summed E-state index contributed by atoms with van der Waals surface area (Å²) in [5.41, 5.74) is 1.04. The standard InChI is InChI=1S/C17H26N4O2S/c1-14-4-2-11-21(13-14)24(22,23)16-7-5-15(6-8-16)12-20-17-18-9-3-10-19-17/h5-8,14H,2-4,9-13H2,1H3,(H2,18,19,20). The number of nitrogens with one attached hydrogen (secondary N) is 2. The molecule has 1 saturated heterocycles. The van der Waals surface area contributed by atoms with Crippen LogP contribution in [0.3, 0.4) is 0 Å². The molecule has 0 saturated carbocycles. The fraction of sp³-hybridized carbons (Fsp3) is 0.588. The molecule has 0 aromatic heterocycles. The molecule has 24 heavy (non-hydrogen) atoms. The normalized spacial score (nSPS) is 22.5. The van der Waals surface area contributed by atoms with Gasteiger partial charge in [-0.1, -0.05) is 19.1 Å². The van der Waals surface area contributed by atoms with E-state index >= 15 is 0 Å². The molecular weight excluding hydrogens is 324 g/mol. The zero-order valence-corrected chi connectivity index (χ0v) is 15.0. The van der Waals surface area contributed by atoms with E-state index in [9.17, 15) is 8.42 Å². The smallest absolute Gasteiger partial charge is 0.243 e. The van der Waals surface area contributed by atoms with E-state index in [1.54, 1.807) is 16.4 Å². The largest absolute Gasteiger partial charge is 0.356 e. The summed E-state index contributed by atoms with van der Waals surface area (Å²) in [7, 11) is -3.37. The molecule has 132 valence electrons. The van der Waals surface area contributed by atoms with Crippen molar-refractivity contribution in [2.75, 3.05) is 26.2 Å². The number of hydrogen-bond donors (Lipinski definition) is 2. The Balaban J connectivity index is 1.64. The van der Waals surface area contributed by atoms with Crippen LogP contribution in [0.5, 0.6) is 0 Å². The molecule has 1 aromatic rings. The summed E-state index contributed by atoms with van der Waals surface area (Å²) in [6.07, 6.45) is 3.11. The van der Waals surface area contributed by atoms with Gasteiger partial charge in [0.25, 0.3) is 0 Å². The van der Waals surface area contributed by atoms with Gasteiger partial charge in [0.05, 0.1) is 4.90 Å². The molecule has 7 heteroatoms. The van der Waals surface area contributed by atoms with Gasteiger partial charge in [-0.15, -0.1) is 0 Å². The summed E-state index contributed by atoms with van der Waals surface area (Å²) < 4.78 is 27.1. The van der Waals surface area contributed by atoms with E-state index in [0.29, 0.717) is 30.4 Å². The zero-order valence-electron chi connectivity index (χ0n) is 14.2. The third-order valence-electron chi connectivity index (χ3n) is 4.54. The maximum absolute atomic E-state index is 12.7. The second-order valence-electron chi connectivity index (χ2n) is 6.62. The molecule has 2 aliphatic heterocycles. The van der Waals surface area contributed by atoms with Crippen molar-refractivity contribution in [2.45, 2.75) is 37.6 Å². The third-order valence-corrected chi connectivity index (χ3v) is 6.42. The van der Waals surface area contributed by atoms with Gasteiger partial charge in [-0.2, -0.15) is 4.31 Å². The molecule has 0 spiro atoms. The quantitative estimate of drug-likeness (QED) is 0.864. The van der Waals surface area contributed by atoms with Crippen LogP contribution in [0.4, 0.5) is 0 Å². The Labute approximate surface area is 144 Å². The Morgan fingerprint density at radius 2 is 2.08 bits per heavy atom. The van der Waals surface area contributed by atoms with Crippen molar-refractivity contribution in [1.29, 1.82) is 0 Å². The summed E-state index contributed by atoms with van der Waals surface area (Å²) in [4.78, 5) is 4.74. The third kappa shape index (κ3) is 4.08. The second kappa shape index (κ2) is 7.53. The molecule has 2 N–H and O–H groups in total. The summed E-state index contributed by atoms with van der Waals surface area (Å²) in [6, 6.07) is 7.16. The molecule has 1 unspecified atom stereocenters. The first-order valence-corrected chi connectivity index (χ1v) is 10.1. The highest BCUT2D eigenvalue weighted by atomic mass is 32.2. The summed E-state index contributed by atoms with van der Waals surface area (Å²) in [5.74, 6) is 1.25. The zero-order chi connectivity index (χ0) is 17.0. The minimum absolute atomic E-state index is 0.383. The van der Waals surface area contributed by atoms with Gasteiger partial charge >= 0.3 is 0 Å². The van der Waals surface area contributed by atoms with Gasteiger partial charge in [-0.3, -0.25) is 4.99 Å². The number of rotatable bonds is 4. The Morgan fingerprint density at radius 1 is 1.29 bits per heavy atom. The van der Waals surface area contributed by atoms with Crippen molar-refractivity contribution in [1.82, 2.24) is 14.9 Å². The van der Waals surface area contributed by atoms with E-state index in [2.05, 4.69) is 22.5 Å². The van der Waals surface area contributed by atoms with Gasteiger partial charge < -0.3 is 10.6 Å². The fourth-order valence-electron chi connectivity index (χ4n) is 3.13. The van der Waals surface area contributed by atoms with Gasteiger partial charge in [-0.05, 0) is 42.9 Å². The fourth-order valence-corrected chi connectivity index (χ4v) is 4.73. The molecule has 1 fully saturated rings. The van der Waals surface area contributed by atoms with Crippen molar-refractivity contribution in [3.8, 4) is 0 Å². The first kappa shape index (κ1) is 17.2. The minimum atomic E-state index is -3.37. The van der Waals surface area contributed by atoms with Crippen LogP contribution in [0.15, 0.2) is 34.2 Å². The maximum atomic E-state index is 12.7. The lowest BCUT2D eigenvalue weighted by Crippen LogP contribution is -2.40. The van der Waals surface area contributed by atoms with E-state index in [4.69, 9.17) is 0 Å². The van der Waals surface area contributed by atoms with E-state index in [1.165, 1.54) is 0 Å². The van der Waals surface area contributed by atoms with Crippen LogP contribution in [0, 0.1) is 5.92 Å². The van der Waals surface area contributed by atoms with Crippen LogP contribution < -0.4 is 10.6 Å². The first-order chi connectivity index (χ1) is 11.6. The SMILES string of the molecule is CC1CCCN(S(=O)(=O)c2ccc(CNC3=NCCCN3)cc2)C1. The molecule has 0 aliphatic carbocycles. The first-order valence-electron chi connectivity index (χ1n) is 8.67. The molecule has 6 nitrogen and oxygen atoms in total. The number of hydrogen-bond acceptors (Lipinski definition) is 5. The predicted octanol–water partition coefficient (Wildman–Crippen LogP) is 1.55. The van der Waals surface area contributed by atoms with E-state index < -0.39 is 10.0 Å². The van der Waals surface area contributed by atoms with Crippen LogP contribution in [-0.4, -0.2) is 44.9 Å². The highest BCUT2D eigenvalue weighted by Gasteiger charge is 2.28. The highest BCUT2D eigenvalue weighted by Crippen LogP contribution is 2.23. The molecule has 1 atom stereocenters. The molecule has 2 heterocycles. The average Bonchev–Trinajstić information content (AvgIpc) is 2.61. The summed E-state index contributed by atoms with van der Waals surface area (Å²) in [6.45, 7) is 5.78. The number of nitrogens with zero attached hydrogens (tertiary/aromatic N) is 2. The monoisotopic (exact) mass is 350 g/mol. The number of benzene rings is 1. The Hall–Kier alpha value is -1.60. The van der Waals surface area contributed by atoms with E-state index in [1.807, 2.05) is 12.1 Å². The highest BCUT2D eigenvalue weighted by molar-refractivity contribution is 7.89. The number of guanidine groups is 1. The number of piperidine rings is 1. The maximum Gasteiger partial charge on any atom is 0.243 e. The van der Waals surface area contributed by atoms with Crippen LogP contribution >= 0.6 is 0 Å². The van der Waals surface area contributed by atoms with Gasteiger partial charge in [0.1, 0.15) is 0 Å².